The van der Waals surface area contributed by atoms with E-state index in [-0.39, 0.29) is 0 Å². The lowest BCUT2D eigenvalue weighted by atomic mass is 10.00. The summed E-state index contributed by atoms with van der Waals surface area (Å²) in [4.78, 5) is 4.94. The number of nitrogens with zero attached hydrogens (tertiary/aromatic N) is 1. The normalized spacial score (nSPS) is 11.4. The van der Waals surface area contributed by atoms with E-state index in [9.17, 15) is 0 Å². The maximum absolute atomic E-state index is 4.20. The van der Waals surface area contributed by atoms with Gasteiger partial charge in [0.15, 0.2) is 0 Å². The fourth-order valence-electron chi connectivity index (χ4n) is 4.77. The molecule has 0 spiro atoms. The summed E-state index contributed by atoms with van der Waals surface area (Å²) >= 11 is 3.61. The zero-order valence-corrected chi connectivity index (χ0v) is 23.0. The minimum atomic E-state index is 0.932. The molecular weight excluding hydrogens is 462 g/mol. The first kappa shape index (κ1) is 26.5. The van der Waals surface area contributed by atoms with Gasteiger partial charge in [-0.05, 0) is 54.2 Å². The molecule has 0 aliphatic rings. The minimum Gasteiger partial charge on any atom is -0.341 e. The summed E-state index contributed by atoms with van der Waals surface area (Å²) in [6, 6.07) is 0. The summed E-state index contributed by atoms with van der Waals surface area (Å²) in [5.74, 6) is 0. The zero-order chi connectivity index (χ0) is 25.7. The van der Waals surface area contributed by atoms with Crippen LogP contribution in [-0.4, -0.2) is 4.57 Å². The number of allylic oxidation sites excluding steroid dienone is 3. The molecule has 180 valence electrons. The standard InChI is InChI=1S/C32H35NS2/c1-10-18-20-28-22(13-4)26(17-8)32(35-28)30-24(15-6)23(14-5)29(33(30)9)31-25(16-7)21(12-3)27(34-31)19-11-2/h10-11,14-20H,1,5-8,12-13H2,2-4,9H3/b19-11-,20-18-. The Labute approximate surface area is 219 Å². The Morgan fingerprint density at radius 2 is 1.11 bits per heavy atom. The van der Waals surface area contributed by atoms with Gasteiger partial charge in [-0.2, -0.15) is 0 Å². The highest BCUT2D eigenvalue weighted by molar-refractivity contribution is 7.17. The van der Waals surface area contributed by atoms with Crippen molar-refractivity contribution in [1.29, 1.82) is 0 Å². The molecule has 3 aromatic heterocycles. The van der Waals surface area contributed by atoms with Crippen molar-refractivity contribution in [1.82, 2.24) is 4.57 Å². The molecule has 1 nitrogen and oxygen atoms in total. The van der Waals surface area contributed by atoms with Crippen molar-refractivity contribution in [3.05, 3.63) is 94.3 Å². The predicted molar refractivity (Wildman–Crippen MR) is 165 cm³/mol. The van der Waals surface area contributed by atoms with Crippen LogP contribution in [0.5, 0.6) is 0 Å². The predicted octanol–water partition coefficient (Wildman–Crippen LogP) is 10.4. The Morgan fingerprint density at radius 3 is 1.46 bits per heavy atom. The van der Waals surface area contributed by atoms with E-state index in [1.807, 2.05) is 47.8 Å². The molecule has 0 saturated carbocycles. The molecule has 0 atom stereocenters. The van der Waals surface area contributed by atoms with Crippen LogP contribution >= 0.6 is 22.7 Å². The first-order valence-electron chi connectivity index (χ1n) is 11.9. The first-order chi connectivity index (χ1) is 17.0. The van der Waals surface area contributed by atoms with Gasteiger partial charge in [-0.25, -0.2) is 0 Å². The molecule has 0 radical (unpaired) electrons. The molecule has 0 unspecified atom stereocenters. The molecule has 0 N–H and O–H groups in total. The van der Waals surface area contributed by atoms with Gasteiger partial charge in [0.2, 0.25) is 0 Å². The van der Waals surface area contributed by atoms with Crippen LogP contribution in [0.1, 0.15) is 63.9 Å². The number of hydrogen-bond acceptors (Lipinski definition) is 2. The van der Waals surface area contributed by atoms with Gasteiger partial charge < -0.3 is 4.57 Å². The van der Waals surface area contributed by atoms with E-state index in [1.165, 1.54) is 41.8 Å². The fourth-order valence-corrected chi connectivity index (χ4v) is 7.64. The maximum Gasteiger partial charge on any atom is 0.0670 e. The summed E-state index contributed by atoms with van der Waals surface area (Å²) < 4.78 is 2.31. The van der Waals surface area contributed by atoms with E-state index >= 15 is 0 Å². The van der Waals surface area contributed by atoms with Gasteiger partial charge in [0.1, 0.15) is 0 Å². The largest absolute Gasteiger partial charge is 0.341 e. The molecule has 0 fully saturated rings. The molecule has 0 aromatic carbocycles. The zero-order valence-electron chi connectivity index (χ0n) is 21.4. The molecule has 0 saturated heterocycles. The maximum atomic E-state index is 4.20. The molecule has 3 heterocycles. The number of rotatable bonds is 11. The quantitative estimate of drug-likeness (QED) is 0.232. The average molecular weight is 498 g/mol. The van der Waals surface area contributed by atoms with Crippen molar-refractivity contribution in [3.63, 3.8) is 0 Å². The Kier molecular flexibility index (Phi) is 8.71. The second-order valence-corrected chi connectivity index (χ2v) is 10.2. The van der Waals surface area contributed by atoms with E-state index in [0.717, 1.165) is 35.4 Å². The lowest BCUT2D eigenvalue weighted by Gasteiger charge is -2.09. The van der Waals surface area contributed by atoms with Gasteiger partial charge in [-0.1, -0.05) is 89.3 Å². The van der Waals surface area contributed by atoms with Gasteiger partial charge in [-0.15, -0.1) is 22.7 Å². The highest BCUT2D eigenvalue weighted by Gasteiger charge is 2.27. The summed E-state index contributed by atoms with van der Waals surface area (Å²) in [6.07, 6.45) is 20.1. The molecule has 3 aromatic rings. The second-order valence-electron chi connectivity index (χ2n) is 8.08. The van der Waals surface area contributed by atoms with E-state index in [4.69, 9.17) is 0 Å². The Morgan fingerprint density at radius 1 is 0.686 bits per heavy atom. The van der Waals surface area contributed by atoms with Crippen LogP contribution < -0.4 is 0 Å². The topological polar surface area (TPSA) is 4.93 Å². The third-order valence-electron chi connectivity index (χ3n) is 6.29. The van der Waals surface area contributed by atoms with Crippen molar-refractivity contribution in [2.75, 3.05) is 0 Å². The van der Waals surface area contributed by atoms with E-state index in [2.05, 4.69) is 83.5 Å². The van der Waals surface area contributed by atoms with Crippen LogP contribution in [0.2, 0.25) is 0 Å². The van der Waals surface area contributed by atoms with E-state index < -0.39 is 0 Å². The molecule has 35 heavy (non-hydrogen) atoms. The molecule has 0 aliphatic carbocycles. The number of aromatic nitrogens is 1. The highest BCUT2D eigenvalue weighted by atomic mass is 32.1. The third kappa shape index (κ3) is 4.47. The Hall–Kier alpha value is -3.14. The van der Waals surface area contributed by atoms with E-state index in [0.29, 0.717) is 0 Å². The second kappa shape index (κ2) is 11.5. The lowest BCUT2D eigenvalue weighted by molar-refractivity contribution is 0.948. The number of thiophene rings is 2. The number of hydrogen-bond donors (Lipinski definition) is 0. The lowest BCUT2D eigenvalue weighted by Crippen LogP contribution is -1.96. The van der Waals surface area contributed by atoms with E-state index in [1.54, 1.807) is 11.3 Å². The minimum absolute atomic E-state index is 0.932. The molecular formula is C32H35NS2. The summed E-state index contributed by atoms with van der Waals surface area (Å²) in [6.45, 7) is 27.1. The van der Waals surface area contributed by atoms with Gasteiger partial charge >= 0.3 is 0 Å². The first-order valence-corrected chi connectivity index (χ1v) is 13.6. The van der Waals surface area contributed by atoms with Gasteiger partial charge in [-0.3, -0.25) is 0 Å². The van der Waals surface area contributed by atoms with Crippen LogP contribution in [0, 0.1) is 0 Å². The molecule has 0 aliphatic heterocycles. The van der Waals surface area contributed by atoms with Gasteiger partial charge in [0, 0.05) is 27.9 Å². The van der Waals surface area contributed by atoms with Crippen LogP contribution in [-0.2, 0) is 19.9 Å². The third-order valence-corrected chi connectivity index (χ3v) is 8.72. The summed E-state index contributed by atoms with van der Waals surface area (Å²) in [7, 11) is 2.15. The molecule has 0 bridgehead atoms. The highest BCUT2D eigenvalue weighted by Crippen LogP contribution is 2.48. The Balaban J connectivity index is 2.47. The smallest absolute Gasteiger partial charge is 0.0670 e. The van der Waals surface area contributed by atoms with Crippen LogP contribution in [0.4, 0.5) is 0 Å². The van der Waals surface area contributed by atoms with Crippen molar-refractivity contribution < 1.29 is 0 Å². The van der Waals surface area contributed by atoms with Gasteiger partial charge in [0.25, 0.3) is 0 Å². The summed E-state index contributed by atoms with van der Waals surface area (Å²) in [5.41, 5.74) is 9.53. The monoisotopic (exact) mass is 497 g/mol. The SMILES string of the molecule is C=C/C=C\c1sc(-c2c(C=C)c(C=C)c(-c3sc(/C=C\C)c(CC)c3C=C)n2C)c(C=C)c1CC. The summed E-state index contributed by atoms with van der Waals surface area (Å²) in [5, 5.41) is 0. The molecule has 0 amide bonds. The van der Waals surface area contributed by atoms with Crippen molar-refractivity contribution >= 4 is 59.1 Å². The van der Waals surface area contributed by atoms with Crippen LogP contribution in [0.3, 0.4) is 0 Å². The fraction of sp³-hybridized carbons (Fsp3) is 0.188. The molecule has 3 rings (SSSR count). The van der Waals surface area contributed by atoms with Crippen molar-refractivity contribution in [3.8, 4) is 21.1 Å². The van der Waals surface area contributed by atoms with Crippen LogP contribution in [0.25, 0.3) is 57.6 Å². The van der Waals surface area contributed by atoms with Crippen molar-refractivity contribution in [2.24, 2.45) is 7.05 Å². The van der Waals surface area contributed by atoms with Crippen molar-refractivity contribution in [2.45, 2.75) is 33.6 Å². The van der Waals surface area contributed by atoms with Crippen LogP contribution in [0.15, 0.2) is 51.1 Å². The Bertz CT molecular complexity index is 1360. The van der Waals surface area contributed by atoms with Gasteiger partial charge in [0.05, 0.1) is 21.1 Å². The molecule has 3 heteroatoms. The average Bonchev–Trinajstić information content (AvgIpc) is 3.49.